The monoisotopic (exact) mass is 285 g/mol. The molecule has 0 aliphatic heterocycles. The lowest BCUT2D eigenvalue weighted by molar-refractivity contribution is 0.0984. The Hall–Kier alpha value is -2.33. The Kier molecular flexibility index (Phi) is 3.18. The molecule has 2 nitrogen and oxygen atoms in total. The highest BCUT2D eigenvalue weighted by atomic mass is 19.2. The third kappa shape index (κ3) is 2.17. The van der Waals surface area contributed by atoms with Crippen LogP contribution in [0.2, 0.25) is 0 Å². The van der Waals surface area contributed by atoms with Gasteiger partial charge in [-0.1, -0.05) is 36.4 Å². The van der Waals surface area contributed by atoms with E-state index in [4.69, 9.17) is 0 Å². The number of aromatic nitrogens is 1. The maximum absolute atomic E-state index is 14.0. The molecule has 0 amide bonds. The van der Waals surface area contributed by atoms with Crippen LogP contribution >= 0.6 is 0 Å². The molecule has 0 saturated heterocycles. The first-order valence-corrected chi connectivity index (χ1v) is 6.53. The minimum atomic E-state index is -1.68. The molecule has 3 aromatic rings. The first-order chi connectivity index (χ1) is 10.0. The molecule has 1 unspecified atom stereocenters. The van der Waals surface area contributed by atoms with Crippen molar-refractivity contribution in [2.75, 3.05) is 0 Å². The molecule has 1 aromatic heterocycles. The fourth-order valence-electron chi connectivity index (χ4n) is 2.52. The number of benzene rings is 2. The van der Waals surface area contributed by atoms with Crippen molar-refractivity contribution in [3.05, 3.63) is 77.5 Å². The van der Waals surface area contributed by atoms with Crippen molar-refractivity contribution in [1.82, 2.24) is 4.98 Å². The molecular formula is C17H13F2NO. The Morgan fingerprint density at radius 3 is 2.43 bits per heavy atom. The fourth-order valence-corrected chi connectivity index (χ4v) is 2.52. The Morgan fingerprint density at radius 2 is 1.62 bits per heavy atom. The van der Waals surface area contributed by atoms with Gasteiger partial charge in [-0.05, 0) is 19.1 Å². The molecule has 0 spiro atoms. The van der Waals surface area contributed by atoms with Crippen LogP contribution in [0.4, 0.5) is 8.78 Å². The lowest BCUT2D eigenvalue weighted by atomic mass is 9.86. The molecule has 0 radical (unpaired) electrons. The summed E-state index contributed by atoms with van der Waals surface area (Å²) in [4.78, 5) is 4.25. The van der Waals surface area contributed by atoms with Crippen LogP contribution in [0, 0.1) is 11.6 Å². The molecule has 0 fully saturated rings. The Balaban J connectivity index is 2.27. The van der Waals surface area contributed by atoms with Crippen LogP contribution in [0.3, 0.4) is 0 Å². The van der Waals surface area contributed by atoms with Gasteiger partial charge in [-0.2, -0.15) is 0 Å². The zero-order valence-electron chi connectivity index (χ0n) is 11.3. The highest BCUT2D eigenvalue weighted by Crippen LogP contribution is 2.35. The van der Waals surface area contributed by atoms with E-state index >= 15 is 0 Å². The van der Waals surface area contributed by atoms with Crippen molar-refractivity contribution < 1.29 is 13.9 Å². The van der Waals surface area contributed by atoms with Crippen molar-refractivity contribution in [3.8, 4) is 0 Å². The van der Waals surface area contributed by atoms with E-state index in [1.54, 1.807) is 24.4 Å². The third-order valence-corrected chi connectivity index (χ3v) is 3.63. The number of nitrogens with zero attached hydrogens (tertiary/aromatic N) is 1. The summed E-state index contributed by atoms with van der Waals surface area (Å²) in [5.74, 6) is -2.03. The number of fused-ring (bicyclic) bond motifs is 1. The second-order valence-electron chi connectivity index (χ2n) is 5.05. The van der Waals surface area contributed by atoms with Crippen LogP contribution in [-0.2, 0) is 5.60 Å². The smallest absolute Gasteiger partial charge is 0.165 e. The van der Waals surface area contributed by atoms with Gasteiger partial charge in [0, 0.05) is 22.7 Å². The van der Waals surface area contributed by atoms with Crippen LogP contribution in [0.25, 0.3) is 10.9 Å². The van der Waals surface area contributed by atoms with Gasteiger partial charge < -0.3 is 5.11 Å². The van der Waals surface area contributed by atoms with E-state index < -0.39 is 17.2 Å². The zero-order valence-corrected chi connectivity index (χ0v) is 11.3. The van der Waals surface area contributed by atoms with Gasteiger partial charge in [-0.3, -0.25) is 4.98 Å². The number of pyridine rings is 1. The second-order valence-corrected chi connectivity index (χ2v) is 5.05. The highest BCUT2D eigenvalue weighted by molar-refractivity contribution is 5.82. The summed E-state index contributed by atoms with van der Waals surface area (Å²) in [6.07, 6.45) is 1.60. The SMILES string of the molecule is CC(O)(c1cccc(F)c1F)c1cccc2cccnc12. The van der Waals surface area contributed by atoms with Crippen molar-refractivity contribution in [3.63, 3.8) is 0 Å². The molecule has 1 heterocycles. The molecule has 3 rings (SSSR count). The molecule has 1 atom stereocenters. The van der Waals surface area contributed by atoms with E-state index in [1.807, 2.05) is 12.1 Å². The van der Waals surface area contributed by atoms with Gasteiger partial charge in [0.25, 0.3) is 0 Å². The van der Waals surface area contributed by atoms with E-state index in [2.05, 4.69) is 4.98 Å². The first kappa shape index (κ1) is 13.6. The predicted octanol–water partition coefficient (Wildman–Crippen LogP) is 3.77. The molecule has 4 heteroatoms. The highest BCUT2D eigenvalue weighted by Gasteiger charge is 2.31. The van der Waals surface area contributed by atoms with Gasteiger partial charge in [0.1, 0.15) is 5.60 Å². The average Bonchev–Trinajstić information content (AvgIpc) is 2.49. The summed E-state index contributed by atoms with van der Waals surface area (Å²) in [6.45, 7) is 1.44. The first-order valence-electron chi connectivity index (χ1n) is 6.53. The average molecular weight is 285 g/mol. The van der Waals surface area contributed by atoms with Gasteiger partial charge in [0.15, 0.2) is 11.6 Å². The molecule has 0 saturated carbocycles. The zero-order chi connectivity index (χ0) is 15.0. The predicted molar refractivity (Wildman–Crippen MR) is 76.8 cm³/mol. The normalized spacial score (nSPS) is 14.1. The van der Waals surface area contributed by atoms with Crippen LogP contribution in [0.15, 0.2) is 54.7 Å². The van der Waals surface area contributed by atoms with Crippen molar-refractivity contribution in [1.29, 1.82) is 0 Å². The van der Waals surface area contributed by atoms with Gasteiger partial charge >= 0.3 is 0 Å². The fraction of sp³-hybridized carbons (Fsp3) is 0.118. The van der Waals surface area contributed by atoms with Gasteiger partial charge in [-0.15, -0.1) is 0 Å². The van der Waals surface area contributed by atoms with Gasteiger partial charge in [0.2, 0.25) is 0 Å². The summed E-state index contributed by atoms with van der Waals surface area (Å²) in [5, 5.41) is 11.6. The molecular weight excluding hydrogens is 272 g/mol. The Morgan fingerprint density at radius 1 is 0.952 bits per heavy atom. The van der Waals surface area contributed by atoms with Crippen LogP contribution < -0.4 is 0 Å². The lowest BCUT2D eigenvalue weighted by Gasteiger charge is -2.26. The molecule has 2 aromatic carbocycles. The van der Waals surface area contributed by atoms with Crippen LogP contribution in [-0.4, -0.2) is 10.1 Å². The van der Waals surface area contributed by atoms with Crippen LogP contribution in [0.1, 0.15) is 18.1 Å². The summed E-state index contributed by atoms with van der Waals surface area (Å²) in [7, 11) is 0. The number of aliphatic hydroxyl groups is 1. The lowest BCUT2D eigenvalue weighted by Crippen LogP contribution is -2.25. The molecule has 1 N–H and O–H groups in total. The quantitative estimate of drug-likeness (QED) is 0.777. The van der Waals surface area contributed by atoms with E-state index in [1.165, 1.54) is 19.1 Å². The van der Waals surface area contributed by atoms with Gasteiger partial charge in [0.05, 0.1) is 5.52 Å². The summed E-state index contributed by atoms with van der Waals surface area (Å²) in [5.41, 5.74) is -0.792. The van der Waals surface area contributed by atoms with E-state index in [-0.39, 0.29) is 5.56 Å². The third-order valence-electron chi connectivity index (χ3n) is 3.63. The summed E-state index contributed by atoms with van der Waals surface area (Å²) >= 11 is 0. The van der Waals surface area contributed by atoms with Crippen molar-refractivity contribution >= 4 is 10.9 Å². The second kappa shape index (κ2) is 4.90. The number of hydrogen-bond donors (Lipinski definition) is 1. The van der Waals surface area contributed by atoms with E-state index in [0.717, 1.165) is 11.5 Å². The standard InChI is InChI=1S/C17H13F2NO/c1-17(21,12-7-3-9-14(18)15(12)19)13-8-2-5-11-6-4-10-20-16(11)13/h2-10,21H,1H3. The molecule has 106 valence electrons. The molecule has 21 heavy (non-hydrogen) atoms. The van der Waals surface area contributed by atoms with Crippen molar-refractivity contribution in [2.24, 2.45) is 0 Å². The molecule has 0 bridgehead atoms. The van der Waals surface area contributed by atoms with Crippen molar-refractivity contribution in [2.45, 2.75) is 12.5 Å². The topological polar surface area (TPSA) is 33.1 Å². The maximum Gasteiger partial charge on any atom is 0.165 e. The number of halogens is 2. The Bertz CT molecular complexity index is 809. The largest absolute Gasteiger partial charge is 0.380 e. The minimum absolute atomic E-state index is 0.111. The molecule has 0 aliphatic rings. The van der Waals surface area contributed by atoms with E-state index in [9.17, 15) is 13.9 Å². The van der Waals surface area contributed by atoms with Gasteiger partial charge in [-0.25, -0.2) is 8.78 Å². The molecule has 0 aliphatic carbocycles. The van der Waals surface area contributed by atoms with E-state index in [0.29, 0.717) is 11.1 Å². The maximum atomic E-state index is 14.0. The summed E-state index contributed by atoms with van der Waals surface area (Å²) < 4.78 is 27.5. The number of hydrogen-bond acceptors (Lipinski definition) is 2. The van der Waals surface area contributed by atoms with Crippen LogP contribution in [0.5, 0.6) is 0 Å². The Labute approximate surface area is 120 Å². The number of para-hydroxylation sites is 1. The minimum Gasteiger partial charge on any atom is -0.380 e. The summed E-state index contributed by atoms with van der Waals surface area (Å²) in [6, 6.07) is 12.7. The number of rotatable bonds is 2.